The Morgan fingerprint density at radius 3 is 2.58 bits per heavy atom. The summed E-state index contributed by atoms with van der Waals surface area (Å²) in [7, 11) is 4.19. The van der Waals surface area contributed by atoms with Gasteiger partial charge in [-0.15, -0.1) is 0 Å². The van der Waals surface area contributed by atoms with Crippen molar-refractivity contribution in [2.75, 3.05) is 32.5 Å². The number of fused-ring (bicyclic) bond motifs is 1. The molecule has 0 aliphatic heterocycles. The number of benzene rings is 1. The molecular formula is C19H25N5. The third kappa shape index (κ3) is 3.41. The largest absolute Gasteiger partial charge is 0.370 e. The molecular weight excluding hydrogens is 298 g/mol. The van der Waals surface area contributed by atoms with Gasteiger partial charge in [0.05, 0.1) is 5.69 Å². The SMILES string of the molecule is Cc1cc(NCCCN(C)C)n2nc(C)c(-c3ccccc3)c2n1. The summed E-state index contributed by atoms with van der Waals surface area (Å²) in [6.07, 6.45) is 1.08. The van der Waals surface area contributed by atoms with Crippen LogP contribution in [0.15, 0.2) is 36.4 Å². The van der Waals surface area contributed by atoms with Gasteiger partial charge in [-0.3, -0.25) is 0 Å². The lowest BCUT2D eigenvalue weighted by molar-refractivity contribution is 0.405. The van der Waals surface area contributed by atoms with Crippen LogP contribution in [0.4, 0.5) is 5.82 Å². The maximum absolute atomic E-state index is 4.74. The first-order valence-electron chi connectivity index (χ1n) is 8.37. The maximum atomic E-state index is 4.74. The molecule has 0 aliphatic rings. The Hall–Kier alpha value is -2.40. The van der Waals surface area contributed by atoms with Crippen molar-refractivity contribution in [3.8, 4) is 11.1 Å². The minimum absolute atomic E-state index is 0.911. The summed E-state index contributed by atoms with van der Waals surface area (Å²) in [4.78, 5) is 6.94. The Morgan fingerprint density at radius 2 is 1.88 bits per heavy atom. The van der Waals surface area contributed by atoms with Crippen molar-refractivity contribution in [3.63, 3.8) is 0 Å². The lowest BCUT2D eigenvalue weighted by atomic mass is 10.1. The highest BCUT2D eigenvalue weighted by molar-refractivity contribution is 5.80. The highest BCUT2D eigenvalue weighted by atomic mass is 15.3. The van der Waals surface area contributed by atoms with E-state index in [0.717, 1.165) is 53.5 Å². The van der Waals surface area contributed by atoms with E-state index in [4.69, 9.17) is 10.1 Å². The van der Waals surface area contributed by atoms with Gasteiger partial charge < -0.3 is 10.2 Å². The topological polar surface area (TPSA) is 45.5 Å². The number of aromatic nitrogens is 3. The smallest absolute Gasteiger partial charge is 0.165 e. The minimum atomic E-state index is 0.911. The van der Waals surface area contributed by atoms with Crippen LogP contribution >= 0.6 is 0 Å². The van der Waals surface area contributed by atoms with E-state index in [1.807, 2.05) is 24.4 Å². The molecule has 24 heavy (non-hydrogen) atoms. The highest BCUT2D eigenvalue weighted by Crippen LogP contribution is 2.28. The number of nitrogens with zero attached hydrogens (tertiary/aromatic N) is 4. The molecule has 1 N–H and O–H groups in total. The van der Waals surface area contributed by atoms with Crippen LogP contribution < -0.4 is 5.32 Å². The molecule has 2 aromatic heterocycles. The predicted molar refractivity (Wildman–Crippen MR) is 99.6 cm³/mol. The molecule has 0 aliphatic carbocycles. The predicted octanol–water partition coefficient (Wildman–Crippen LogP) is 3.38. The zero-order valence-electron chi connectivity index (χ0n) is 14.9. The lowest BCUT2D eigenvalue weighted by Crippen LogP contribution is -2.17. The first-order chi connectivity index (χ1) is 11.6. The number of hydrogen-bond acceptors (Lipinski definition) is 4. The van der Waals surface area contributed by atoms with Crippen LogP contribution in [-0.4, -0.2) is 46.7 Å². The molecule has 5 heteroatoms. The summed E-state index contributed by atoms with van der Waals surface area (Å²) in [5.74, 6) is 1.00. The first-order valence-corrected chi connectivity index (χ1v) is 8.37. The van der Waals surface area contributed by atoms with Gasteiger partial charge in [-0.1, -0.05) is 30.3 Å². The van der Waals surface area contributed by atoms with Gasteiger partial charge in [0.15, 0.2) is 5.65 Å². The summed E-state index contributed by atoms with van der Waals surface area (Å²) in [6, 6.07) is 12.4. The summed E-state index contributed by atoms with van der Waals surface area (Å²) in [5.41, 5.74) is 5.16. The molecule has 0 saturated heterocycles. The van der Waals surface area contributed by atoms with Crippen LogP contribution in [0.25, 0.3) is 16.8 Å². The van der Waals surface area contributed by atoms with E-state index in [1.54, 1.807) is 0 Å². The molecule has 0 spiro atoms. The molecule has 5 nitrogen and oxygen atoms in total. The van der Waals surface area contributed by atoms with Crippen LogP contribution in [0.2, 0.25) is 0 Å². The molecule has 1 aromatic carbocycles. The van der Waals surface area contributed by atoms with Gasteiger partial charge in [0, 0.05) is 23.9 Å². The molecule has 3 rings (SSSR count). The second-order valence-electron chi connectivity index (χ2n) is 6.43. The maximum Gasteiger partial charge on any atom is 0.165 e. The second kappa shape index (κ2) is 7.01. The molecule has 3 aromatic rings. The number of nitrogens with one attached hydrogen (secondary N) is 1. The van der Waals surface area contributed by atoms with Crippen molar-refractivity contribution in [3.05, 3.63) is 47.8 Å². The highest BCUT2D eigenvalue weighted by Gasteiger charge is 2.15. The zero-order chi connectivity index (χ0) is 17.1. The first kappa shape index (κ1) is 16.5. The van der Waals surface area contributed by atoms with Crippen molar-refractivity contribution in [1.82, 2.24) is 19.5 Å². The van der Waals surface area contributed by atoms with E-state index in [2.05, 4.69) is 54.6 Å². The Bertz CT molecular complexity index is 821. The molecule has 0 unspecified atom stereocenters. The van der Waals surface area contributed by atoms with E-state index < -0.39 is 0 Å². The van der Waals surface area contributed by atoms with Crippen molar-refractivity contribution in [2.45, 2.75) is 20.3 Å². The second-order valence-corrected chi connectivity index (χ2v) is 6.43. The third-order valence-electron chi connectivity index (χ3n) is 4.04. The minimum Gasteiger partial charge on any atom is -0.370 e. The third-order valence-corrected chi connectivity index (χ3v) is 4.04. The van der Waals surface area contributed by atoms with Gasteiger partial charge in [-0.2, -0.15) is 9.61 Å². The summed E-state index contributed by atoms with van der Waals surface area (Å²) in [5, 5.41) is 8.24. The van der Waals surface area contributed by atoms with Crippen LogP contribution in [0, 0.1) is 13.8 Å². The fourth-order valence-corrected chi connectivity index (χ4v) is 2.93. The average molecular weight is 323 g/mol. The van der Waals surface area contributed by atoms with Crippen LogP contribution in [0.3, 0.4) is 0 Å². The Kier molecular flexibility index (Phi) is 4.81. The number of anilines is 1. The molecule has 126 valence electrons. The number of rotatable bonds is 6. The standard InChI is InChI=1S/C19H25N5/c1-14-13-17(20-11-8-12-23(3)4)24-19(21-14)18(15(2)22-24)16-9-6-5-7-10-16/h5-7,9-10,13,20H,8,11-12H2,1-4H3. The number of hydrogen-bond donors (Lipinski definition) is 1. The molecule has 0 fully saturated rings. The van der Waals surface area contributed by atoms with E-state index in [9.17, 15) is 0 Å². The van der Waals surface area contributed by atoms with Gasteiger partial charge in [0.25, 0.3) is 0 Å². The summed E-state index contributed by atoms with van der Waals surface area (Å²) < 4.78 is 1.93. The van der Waals surface area contributed by atoms with E-state index in [-0.39, 0.29) is 0 Å². The van der Waals surface area contributed by atoms with Gasteiger partial charge in [-0.25, -0.2) is 4.98 Å². The van der Waals surface area contributed by atoms with Crippen LogP contribution in [0.5, 0.6) is 0 Å². The number of aryl methyl sites for hydroxylation is 2. The fourth-order valence-electron chi connectivity index (χ4n) is 2.93. The van der Waals surface area contributed by atoms with E-state index in [1.165, 1.54) is 0 Å². The summed E-state index contributed by atoms with van der Waals surface area (Å²) in [6.45, 7) is 6.05. The van der Waals surface area contributed by atoms with Crippen molar-refractivity contribution < 1.29 is 0 Å². The van der Waals surface area contributed by atoms with Gasteiger partial charge in [-0.05, 0) is 46.5 Å². The van der Waals surface area contributed by atoms with Crippen molar-refractivity contribution >= 4 is 11.5 Å². The monoisotopic (exact) mass is 323 g/mol. The summed E-state index contributed by atoms with van der Waals surface area (Å²) >= 11 is 0. The molecule has 0 bridgehead atoms. The van der Waals surface area contributed by atoms with Gasteiger partial charge in [0.2, 0.25) is 0 Å². The Balaban J connectivity index is 1.97. The fraction of sp³-hybridized carbons (Fsp3) is 0.368. The van der Waals surface area contributed by atoms with Crippen molar-refractivity contribution in [2.24, 2.45) is 0 Å². The van der Waals surface area contributed by atoms with Gasteiger partial charge >= 0.3 is 0 Å². The van der Waals surface area contributed by atoms with Crippen LogP contribution in [-0.2, 0) is 0 Å². The Labute approximate surface area is 143 Å². The molecule has 2 heterocycles. The van der Waals surface area contributed by atoms with Crippen molar-refractivity contribution in [1.29, 1.82) is 0 Å². The molecule has 0 atom stereocenters. The van der Waals surface area contributed by atoms with Gasteiger partial charge in [0.1, 0.15) is 5.82 Å². The van der Waals surface area contributed by atoms with E-state index in [0.29, 0.717) is 0 Å². The Morgan fingerprint density at radius 1 is 1.12 bits per heavy atom. The molecule has 0 amide bonds. The molecule has 0 saturated carbocycles. The quantitative estimate of drug-likeness (QED) is 0.707. The zero-order valence-corrected chi connectivity index (χ0v) is 14.9. The van der Waals surface area contributed by atoms with E-state index >= 15 is 0 Å². The lowest BCUT2D eigenvalue weighted by Gasteiger charge is -2.12. The molecule has 0 radical (unpaired) electrons. The van der Waals surface area contributed by atoms with Crippen LogP contribution in [0.1, 0.15) is 17.8 Å². The average Bonchev–Trinajstić information content (AvgIpc) is 2.88. The normalized spacial score (nSPS) is 11.4.